The van der Waals surface area contributed by atoms with Gasteiger partial charge in [0.1, 0.15) is 5.75 Å². The van der Waals surface area contributed by atoms with Crippen molar-refractivity contribution in [1.82, 2.24) is 4.90 Å². The lowest BCUT2D eigenvalue weighted by molar-refractivity contribution is 0.104. The minimum absolute atomic E-state index is 0.0649. The lowest BCUT2D eigenvalue weighted by Crippen LogP contribution is -2.13. The first-order valence-electron chi connectivity index (χ1n) is 10.5. The van der Waals surface area contributed by atoms with Crippen LogP contribution < -0.4 is 4.74 Å². The van der Waals surface area contributed by atoms with Crippen LogP contribution in [0.4, 0.5) is 0 Å². The molecule has 0 aliphatic heterocycles. The third-order valence-corrected chi connectivity index (χ3v) is 6.65. The highest BCUT2D eigenvalue weighted by molar-refractivity contribution is 7.22. The average Bonchev–Trinajstić information content (AvgIpc) is 3.18. The van der Waals surface area contributed by atoms with Gasteiger partial charge in [0.2, 0.25) is 0 Å². The number of ketones is 1. The first-order valence-corrected chi connectivity index (χ1v) is 11.3. The van der Waals surface area contributed by atoms with Crippen LogP contribution in [0.25, 0.3) is 20.5 Å². The molecule has 4 heteroatoms. The second-order valence-corrected chi connectivity index (χ2v) is 9.02. The molecule has 0 saturated heterocycles. The Morgan fingerprint density at radius 2 is 1.71 bits per heavy atom. The lowest BCUT2D eigenvalue weighted by atomic mass is 9.96. The van der Waals surface area contributed by atoms with Gasteiger partial charge in [0.25, 0.3) is 0 Å². The van der Waals surface area contributed by atoms with E-state index in [1.165, 1.54) is 5.56 Å². The fourth-order valence-electron chi connectivity index (χ4n) is 3.79. The van der Waals surface area contributed by atoms with Crippen molar-refractivity contribution < 1.29 is 9.53 Å². The van der Waals surface area contributed by atoms with Crippen LogP contribution in [0.2, 0.25) is 0 Å². The third kappa shape index (κ3) is 4.71. The van der Waals surface area contributed by atoms with Gasteiger partial charge in [0, 0.05) is 26.1 Å². The summed E-state index contributed by atoms with van der Waals surface area (Å²) in [7, 11) is 5.85. The van der Waals surface area contributed by atoms with Crippen molar-refractivity contribution in [1.29, 1.82) is 0 Å². The molecule has 1 heterocycles. The number of nitrogens with zero attached hydrogens (tertiary/aromatic N) is 1. The van der Waals surface area contributed by atoms with Crippen molar-refractivity contribution in [2.45, 2.75) is 12.8 Å². The molecule has 31 heavy (non-hydrogen) atoms. The highest BCUT2D eigenvalue weighted by Gasteiger charge is 2.21. The molecular formula is C27H27NO2S. The number of thiophene rings is 1. The smallest absolute Gasteiger partial charge is 0.195 e. The van der Waals surface area contributed by atoms with Gasteiger partial charge in [-0.15, -0.1) is 11.3 Å². The molecule has 4 aromatic rings. The molecule has 0 aliphatic rings. The maximum atomic E-state index is 13.7. The van der Waals surface area contributed by atoms with Gasteiger partial charge in [-0.3, -0.25) is 4.79 Å². The van der Waals surface area contributed by atoms with Crippen LogP contribution in [0.15, 0.2) is 72.8 Å². The third-order valence-electron chi connectivity index (χ3n) is 5.45. The topological polar surface area (TPSA) is 29.5 Å². The van der Waals surface area contributed by atoms with Crippen molar-refractivity contribution in [2.75, 3.05) is 27.7 Å². The van der Waals surface area contributed by atoms with Gasteiger partial charge < -0.3 is 9.64 Å². The molecule has 0 unspecified atom stereocenters. The molecule has 0 saturated carbocycles. The first-order chi connectivity index (χ1) is 15.1. The maximum absolute atomic E-state index is 13.7. The van der Waals surface area contributed by atoms with Crippen LogP contribution in [0.3, 0.4) is 0 Å². The number of fused-ring (bicyclic) bond motifs is 1. The van der Waals surface area contributed by atoms with Gasteiger partial charge in [0.15, 0.2) is 5.78 Å². The van der Waals surface area contributed by atoms with Crippen LogP contribution in [-0.4, -0.2) is 38.4 Å². The standard InChI is InChI=1S/C27H27NO2S/c1-28(2)17-7-8-19-11-13-20(14-12-19)26(29)25-23-16-15-22(30-3)18-24(23)31-27(25)21-9-5-4-6-10-21/h4-6,9-16,18H,7-8,17H2,1-3H3. The Kier molecular flexibility index (Phi) is 6.50. The van der Waals surface area contributed by atoms with E-state index in [1.54, 1.807) is 18.4 Å². The molecule has 3 nitrogen and oxygen atoms in total. The lowest BCUT2D eigenvalue weighted by Gasteiger charge is -2.09. The van der Waals surface area contributed by atoms with Gasteiger partial charge >= 0.3 is 0 Å². The van der Waals surface area contributed by atoms with Gasteiger partial charge in [-0.25, -0.2) is 0 Å². The Morgan fingerprint density at radius 1 is 0.968 bits per heavy atom. The van der Waals surface area contributed by atoms with Crippen molar-refractivity contribution in [2.24, 2.45) is 0 Å². The molecule has 0 aliphatic carbocycles. The van der Waals surface area contributed by atoms with E-state index in [-0.39, 0.29) is 5.78 Å². The minimum Gasteiger partial charge on any atom is -0.497 e. The molecule has 0 N–H and O–H groups in total. The summed E-state index contributed by atoms with van der Waals surface area (Å²) in [6.45, 7) is 1.06. The van der Waals surface area contributed by atoms with E-state index < -0.39 is 0 Å². The molecule has 0 radical (unpaired) electrons. The largest absolute Gasteiger partial charge is 0.497 e. The number of carbonyl (C=O) groups excluding carboxylic acids is 1. The molecule has 0 bridgehead atoms. The Labute approximate surface area is 187 Å². The fraction of sp³-hybridized carbons (Fsp3) is 0.222. The molecule has 0 spiro atoms. The summed E-state index contributed by atoms with van der Waals surface area (Å²) in [5, 5.41) is 0.977. The molecule has 158 valence electrons. The van der Waals surface area contributed by atoms with E-state index >= 15 is 0 Å². The molecule has 3 aromatic carbocycles. The average molecular weight is 430 g/mol. The highest BCUT2D eigenvalue weighted by Crippen LogP contribution is 2.41. The van der Waals surface area contributed by atoms with Crippen LogP contribution >= 0.6 is 11.3 Å². The van der Waals surface area contributed by atoms with E-state index in [1.807, 2.05) is 48.5 Å². The summed E-state index contributed by atoms with van der Waals surface area (Å²) in [6, 6.07) is 24.2. The summed E-state index contributed by atoms with van der Waals surface area (Å²) < 4.78 is 6.46. The first kappa shape index (κ1) is 21.3. The van der Waals surface area contributed by atoms with Crippen molar-refractivity contribution in [3.05, 3.63) is 89.5 Å². The predicted molar refractivity (Wildman–Crippen MR) is 131 cm³/mol. The SMILES string of the molecule is COc1ccc2c(C(=O)c3ccc(CCCN(C)C)cc3)c(-c3ccccc3)sc2c1. The van der Waals surface area contributed by atoms with Crippen LogP contribution in [-0.2, 0) is 6.42 Å². The molecule has 0 atom stereocenters. The summed E-state index contributed by atoms with van der Waals surface area (Å²) in [5.41, 5.74) is 3.83. The van der Waals surface area contributed by atoms with Gasteiger partial charge in [0.05, 0.1) is 7.11 Å². The highest BCUT2D eigenvalue weighted by atomic mass is 32.1. The van der Waals surface area contributed by atoms with E-state index in [4.69, 9.17) is 4.74 Å². The Balaban J connectivity index is 1.71. The number of benzene rings is 3. The van der Waals surface area contributed by atoms with E-state index in [2.05, 4.69) is 43.3 Å². The Bertz CT molecular complexity index is 1180. The van der Waals surface area contributed by atoms with Crippen LogP contribution in [0.5, 0.6) is 5.75 Å². The summed E-state index contributed by atoms with van der Waals surface area (Å²) in [5.74, 6) is 0.865. The number of methoxy groups -OCH3 is 1. The quantitative estimate of drug-likeness (QED) is 0.308. The zero-order valence-corrected chi connectivity index (χ0v) is 19.0. The minimum atomic E-state index is 0.0649. The molecule has 0 amide bonds. The van der Waals surface area contributed by atoms with Crippen molar-refractivity contribution in [3.63, 3.8) is 0 Å². The summed E-state index contributed by atoms with van der Waals surface area (Å²) in [6.07, 6.45) is 2.12. The van der Waals surface area contributed by atoms with Gasteiger partial charge in [-0.2, -0.15) is 0 Å². The molecule has 1 aromatic heterocycles. The van der Waals surface area contributed by atoms with Gasteiger partial charge in [-0.1, -0.05) is 54.6 Å². The zero-order chi connectivity index (χ0) is 21.8. The van der Waals surface area contributed by atoms with Crippen molar-refractivity contribution in [3.8, 4) is 16.2 Å². The maximum Gasteiger partial charge on any atom is 0.195 e. The van der Waals surface area contributed by atoms with E-state index in [9.17, 15) is 4.79 Å². The number of ether oxygens (including phenoxy) is 1. The molecular weight excluding hydrogens is 402 g/mol. The number of hydrogen-bond acceptors (Lipinski definition) is 4. The van der Waals surface area contributed by atoms with Crippen molar-refractivity contribution >= 4 is 27.2 Å². The van der Waals surface area contributed by atoms with Gasteiger partial charge in [-0.05, 0) is 62.8 Å². The number of aryl methyl sites for hydroxylation is 1. The molecule has 4 rings (SSSR count). The predicted octanol–water partition coefficient (Wildman–Crippen LogP) is 6.30. The fourth-order valence-corrected chi connectivity index (χ4v) is 5.02. The second-order valence-electron chi connectivity index (χ2n) is 7.97. The summed E-state index contributed by atoms with van der Waals surface area (Å²) in [4.78, 5) is 16.9. The number of rotatable bonds is 8. The molecule has 0 fully saturated rings. The number of hydrogen-bond donors (Lipinski definition) is 0. The Morgan fingerprint density at radius 3 is 2.39 bits per heavy atom. The second kappa shape index (κ2) is 9.46. The van der Waals surface area contributed by atoms with E-state index in [0.29, 0.717) is 0 Å². The summed E-state index contributed by atoms with van der Waals surface area (Å²) >= 11 is 1.64. The Hall–Kier alpha value is -2.95. The van der Waals surface area contributed by atoms with Crippen LogP contribution in [0.1, 0.15) is 27.9 Å². The van der Waals surface area contributed by atoms with E-state index in [0.717, 1.165) is 56.8 Å². The number of carbonyl (C=O) groups is 1. The normalized spacial score (nSPS) is 11.2. The zero-order valence-electron chi connectivity index (χ0n) is 18.2. The van der Waals surface area contributed by atoms with Crippen LogP contribution in [0, 0.1) is 0 Å². The monoisotopic (exact) mass is 429 g/mol.